The number of aromatic nitrogens is 1. The van der Waals surface area contributed by atoms with Gasteiger partial charge < -0.3 is 16.4 Å². The minimum Gasteiger partial charge on any atom is -0.350 e. The second-order valence-corrected chi connectivity index (χ2v) is 6.18. The van der Waals surface area contributed by atoms with E-state index in [4.69, 9.17) is 5.73 Å². The Morgan fingerprint density at radius 2 is 1.92 bits per heavy atom. The van der Waals surface area contributed by atoms with Crippen LogP contribution < -0.4 is 16.4 Å². The number of nitrogens with two attached hydrogens (primary N) is 1. The lowest BCUT2D eigenvalue weighted by molar-refractivity contribution is -0.121. The molecule has 0 bridgehead atoms. The Hall–Kier alpha value is -1.96. The number of carbonyl (C=O) groups is 2. The maximum atomic E-state index is 11.9. The first-order valence-electron chi connectivity index (χ1n) is 7.33. The highest BCUT2D eigenvalue weighted by Crippen LogP contribution is 2.10. The zero-order valence-electron chi connectivity index (χ0n) is 13.3. The van der Waals surface area contributed by atoms with Crippen LogP contribution in [0.25, 0.3) is 0 Å². The Labute approximate surface area is 151 Å². The Bertz CT molecular complexity index is 661. The van der Waals surface area contributed by atoms with E-state index in [2.05, 4.69) is 15.6 Å². The van der Waals surface area contributed by atoms with Gasteiger partial charge in [0.05, 0.1) is 18.8 Å². The van der Waals surface area contributed by atoms with Crippen LogP contribution in [-0.4, -0.2) is 22.8 Å². The molecule has 2 rings (SSSR count). The summed E-state index contributed by atoms with van der Waals surface area (Å²) in [6.07, 6.45) is 0.296. The molecular weight excluding hydrogens is 348 g/mol. The number of nitrogens with zero attached hydrogens (tertiary/aromatic N) is 1. The molecule has 0 radical (unpaired) electrons. The summed E-state index contributed by atoms with van der Waals surface area (Å²) in [6, 6.07) is 8.87. The fraction of sp³-hybridized carbons (Fsp3) is 0.312. The van der Waals surface area contributed by atoms with Crippen LogP contribution in [0.15, 0.2) is 35.7 Å². The molecule has 1 aromatic heterocycles. The van der Waals surface area contributed by atoms with E-state index in [-0.39, 0.29) is 30.3 Å². The summed E-state index contributed by atoms with van der Waals surface area (Å²) >= 11 is 1.45. The van der Waals surface area contributed by atoms with E-state index in [1.54, 1.807) is 19.1 Å². The zero-order valence-corrected chi connectivity index (χ0v) is 15.0. The number of rotatable bonds is 7. The fourth-order valence-electron chi connectivity index (χ4n) is 1.91. The van der Waals surface area contributed by atoms with Gasteiger partial charge in [-0.05, 0) is 19.1 Å². The van der Waals surface area contributed by atoms with E-state index in [1.807, 2.05) is 23.6 Å². The summed E-state index contributed by atoms with van der Waals surface area (Å²) in [6.45, 7) is 2.52. The number of halogens is 1. The number of benzene rings is 1. The van der Waals surface area contributed by atoms with Crippen molar-refractivity contribution < 1.29 is 9.59 Å². The molecule has 1 atom stereocenters. The molecule has 6 nitrogen and oxygen atoms in total. The molecule has 0 saturated carbocycles. The third-order valence-electron chi connectivity index (χ3n) is 3.01. The van der Waals surface area contributed by atoms with Crippen molar-refractivity contribution in [2.24, 2.45) is 5.73 Å². The van der Waals surface area contributed by atoms with Crippen LogP contribution in [0.2, 0.25) is 0 Å². The molecule has 130 valence electrons. The van der Waals surface area contributed by atoms with Crippen LogP contribution in [0.3, 0.4) is 0 Å². The van der Waals surface area contributed by atoms with Gasteiger partial charge in [-0.1, -0.05) is 18.2 Å². The third kappa shape index (κ3) is 6.66. The SMILES string of the molecule is CC(N)CC(=O)NCc1csc(CNC(=O)c2ccccc2)n1.Cl. The lowest BCUT2D eigenvalue weighted by Crippen LogP contribution is -2.29. The maximum Gasteiger partial charge on any atom is 0.251 e. The molecular formula is C16H21ClN4O2S. The molecule has 0 aliphatic heterocycles. The highest BCUT2D eigenvalue weighted by Gasteiger charge is 2.08. The molecule has 8 heteroatoms. The number of hydrogen-bond donors (Lipinski definition) is 3. The van der Waals surface area contributed by atoms with E-state index in [0.717, 1.165) is 10.7 Å². The zero-order chi connectivity index (χ0) is 16.7. The second kappa shape index (κ2) is 10.0. The van der Waals surface area contributed by atoms with E-state index >= 15 is 0 Å². The number of thiazole rings is 1. The maximum absolute atomic E-state index is 11.9. The molecule has 0 aliphatic carbocycles. The second-order valence-electron chi connectivity index (χ2n) is 5.24. The first-order chi connectivity index (χ1) is 11.0. The lowest BCUT2D eigenvalue weighted by atomic mass is 10.2. The van der Waals surface area contributed by atoms with Gasteiger partial charge >= 0.3 is 0 Å². The van der Waals surface area contributed by atoms with Gasteiger partial charge in [-0.15, -0.1) is 23.7 Å². The van der Waals surface area contributed by atoms with E-state index < -0.39 is 0 Å². The van der Waals surface area contributed by atoms with Gasteiger partial charge in [-0.2, -0.15) is 0 Å². The predicted octanol–water partition coefficient (Wildman–Crippen LogP) is 1.85. The van der Waals surface area contributed by atoms with Gasteiger partial charge in [0.1, 0.15) is 5.01 Å². The smallest absolute Gasteiger partial charge is 0.251 e. The van der Waals surface area contributed by atoms with Crippen LogP contribution in [0, 0.1) is 0 Å². The van der Waals surface area contributed by atoms with Crippen molar-refractivity contribution >= 4 is 35.6 Å². The van der Waals surface area contributed by atoms with Crippen LogP contribution in [0.5, 0.6) is 0 Å². The molecule has 1 aromatic carbocycles. The Balaban J connectivity index is 0.00000288. The number of amides is 2. The first kappa shape index (κ1) is 20.1. The normalized spacial score (nSPS) is 11.2. The highest BCUT2D eigenvalue weighted by molar-refractivity contribution is 7.09. The minimum atomic E-state index is -0.158. The van der Waals surface area contributed by atoms with Gasteiger partial charge in [0.2, 0.25) is 5.91 Å². The molecule has 24 heavy (non-hydrogen) atoms. The topological polar surface area (TPSA) is 97.1 Å². The van der Waals surface area contributed by atoms with Gasteiger partial charge in [-0.25, -0.2) is 4.98 Å². The molecule has 2 aromatic rings. The van der Waals surface area contributed by atoms with E-state index in [9.17, 15) is 9.59 Å². The largest absolute Gasteiger partial charge is 0.350 e. The van der Waals surface area contributed by atoms with Crippen LogP contribution >= 0.6 is 23.7 Å². The van der Waals surface area contributed by atoms with Gasteiger partial charge in [0.25, 0.3) is 5.91 Å². The fourth-order valence-corrected chi connectivity index (χ4v) is 2.65. The average molecular weight is 369 g/mol. The first-order valence-corrected chi connectivity index (χ1v) is 8.21. The summed E-state index contributed by atoms with van der Waals surface area (Å²) in [4.78, 5) is 27.9. The van der Waals surface area contributed by atoms with Gasteiger partial charge in [0.15, 0.2) is 0 Å². The van der Waals surface area contributed by atoms with E-state index in [0.29, 0.717) is 25.1 Å². The Morgan fingerprint density at radius 1 is 1.21 bits per heavy atom. The van der Waals surface area contributed by atoms with Crippen molar-refractivity contribution in [1.29, 1.82) is 0 Å². The van der Waals surface area contributed by atoms with Crippen molar-refractivity contribution in [1.82, 2.24) is 15.6 Å². The monoisotopic (exact) mass is 368 g/mol. The van der Waals surface area contributed by atoms with Gasteiger partial charge in [0, 0.05) is 23.4 Å². The van der Waals surface area contributed by atoms with E-state index in [1.165, 1.54) is 11.3 Å². The van der Waals surface area contributed by atoms with Crippen molar-refractivity contribution in [3.8, 4) is 0 Å². The number of nitrogens with one attached hydrogen (secondary N) is 2. The van der Waals surface area contributed by atoms with Crippen LogP contribution in [0.1, 0.15) is 34.4 Å². The van der Waals surface area contributed by atoms with Crippen LogP contribution in [0.4, 0.5) is 0 Å². The quantitative estimate of drug-likeness (QED) is 0.694. The highest BCUT2D eigenvalue weighted by atomic mass is 35.5. The summed E-state index contributed by atoms with van der Waals surface area (Å²) in [5.41, 5.74) is 6.96. The molecule has 4 N–H and O–H groups in total. The summed E-state index contributed by atoms with van der Waals surface area (Å²) in [7, 11) is 0. The van der Waals surface area contributed by atoms with Crippen LogP contribution in [-0.2, 0) is 17.9 Å². The van der Waals surface area contributed by atoms with Gasteiger partial charge in [-0.3, -0.25) is 9.59 Å². The number of hydrogen-bond acceptors (Lipinski definition) is 5. The standard InChI is InChI=1S/C16H20N4O2S.ClH/c1-11(17)7-14(21)18-8-13-10-23-15(20-13)9-19-16(22)12-5-3-2-4-6-12;/h2-6,10-11H,7-9,17H2,1H3,(H,18,21)(H,19,22);1H. The molecule has 1 unspecified atom stereocenters. The molecule has 0 aliphatic rings. The molecule has 0 saturated heterocycles. The number of carbonyl (C=O) groups excluding carboxylic acids is 2. The lowest BCUT2D eigenvalue weighted by Gasteiger charge is -2.05. The summed E-state index contributed by atoms with van der Waals surface area (Å²) < 4.78 is 0. The van der Waals surface area contributed by atoms with Crippen molar-refractivity contribution in [2.75, 3.05) is 0 Å². The Kier molecular flexibility index (Phi) is 8.39. The molecule has 0 spiro atoms. The van der Waals surface area contributed by atoms with Crippen molar-refractivity contribution in [3.05, 3.63) is 52.0 Å². The summed E-state index contributed by atoms with van der Waals surface area (Å²) in [5, 5.41) is 8.27. The Morgan fingerprint density at radius 3 is 2.58 bits per heavy atom. The molecule has 2 amide bonds. The minimum absolute atomic E-state index is 0. The predicted molar refractivity (Wildman–Crippen MR) is 97.1 cm³/mol. The summed E-state index contributed by atoms with van der Waals surface area (Å²) in [5.74, 6) is -0.223. The van der Waals surface area contributed by atoms with Crippen molar-refractivity contribution in [2.45, 2.75) is 32.5 Å². The van der Waals surface area contributed by atoms with Crippen molar-refractivity contribution in [3.63, 3.8) is 0 Å². The molecule has 1 heterocycles. The third-order valence-corrected chi connectivity index (χ3v) is 3.91. The molecule has 0 fully saturated rings. The average Bonchev–Trinajstić information content (AvgIpc) is 2.99.